The lowest BCUT2D eigenvalue weighted by atomic mass is 10.1. The Bertz CT molecular complexity index is 1030. The Morgan fingerprint density at radius 2 is 1.29 bits per heavy atom. The Balaban J connectivity index is 0.00000408. The van der Waals surface area contributed by atoms with Crippen LogP contribution in [0.3, 0.4) is 0 Å². The second kappa shape index (κ2) is 13.9. The van der Waals surface area contributed by atoms with E-state index in [-0.39, 0.29) is 24.1 Å². The van der Waals surface area contributed by atoms with Gasteiger partial charge < -0.3 is 20.1 Å². The van der Waals surface area contributed by atoms with E-state index in [0.717, 1.165) is 36.4 Å². The van der Waals surface area contributed by atoms with Gasteiger partial charge in [-0.25, -0.2) is 0 Å². The maximum Gasteiger partial charge on any atom is 0.258 e. The summed E-state index contributed by atoms with van der Waals surface area (Å²) in [5.41, 5.74) is 7.67. The van der Waals surface area contributed by atoms with E-state index >= 15 is 0 Å². The first-order valence-electron chi connectivity index (χ1n) is 11.3. The molecule has 0 aliphatic heterocycles. The normalized spacial score (nSPS) is 10.1. The van der Waals surface area contributed by atoms with E-state index in [9.17, 15) is 4.79 Å². The number of benzene rings is 3. The predicted molar refractivity (Wildman–Crippen MR) is 140 cm³/mol. The van der Waals surface area contributed by atoms with Crippen LogP contribution < -0.4 is 20.1 Å². The number of carbonyl (C=O) groups excluding carboxylic acids is 1. The minimum atomic E-state index is -0.0221. The summed E-state index contributed by atoms with van der Waals surface area (Å²) in [7, 11) is 0. The summed E-state index contributed by atoms with van der Waals surface area (Å²) in [4.78, 5) is 14.6. The number of hydrogen-bond acceptors (Lipinski definition) is 4. The van der Waals surface area contributed by atoms with Crippen molar-refractivity contribution >= 4 is 29.8 Å². The number of halogens is 1. The fraction of sp³-hybridized carbons (Fsp3) is 0.259. The zero-order valence-corrected chi connectivity index (χ0v) is 20.2. The van der Waals surface area contributed by atoms with Crippen LogP contribution in [0.15, 0.2) is 78.9 Å². The Hall–Kier alpha value is -3.51. The van der Waals surface area contributed by atoms with Crippen molar-refractivity contribution < 1.29 is 14.3 Å². The van der Waals surface area contributed by atoms with Crippen molar-refractivity contribution in [2.45, 2.75) is 26.2 Å². The number of amides is 1. The molecule has 0 heterocycles. The first kappa shape index (κ1) is 26.7. The summed E-state index contributed by atoms with van der Waals surface area (Å²) >= 11 is 0. The van der Waals surface area contributed by atoms with Crippen LogP contribution >= 0.6 is 12.4 Å². The molecule has 0 atom stereocenters. The van der Waals surface area contributed by atoms with E-state index in [0.29, 0.717) is 30.9 Å². The zero-order valence-electron chi connectivity index (χ0n) is 19.4. The van der Waals surface area contributed by atoms with E-state index in [1.54, 1.807) is 17.0 Å². The highest BCUT2D eigenvalue weighted by molar-refractivity contribution is 6.06. The molecule has 0 radical (unpaired) electrons. The number of carbonyl (C=O) groups is 1. The molecule has 180 valence electrons. The fourth-order valence-electron chi connectivity index (χ4n) is 3.39. The van der Waals surface area contributed by atoms with Gasteiger partial charge in [0.2, 0.25) is 0 Å². The van der Waals surface area contributed by atoms with Crippen molar-refractivity contribution in [1.29, 1.82) is 5.41 Å². The topological polar surface area (TPSA) is 88.6 Å². The molecule has 3 aromatic rings. The summed E-state index contributed by atoms with van der Waals surface area (Å²) in [6.45, 7) is 3.82. The fourth-order valence-corrected chi connectivity index (χ4v) is 3.39. The van der Waals surface area contributed by atoms with Crippen molar-refractivity contribution in [1.82, 2.24) is 0 Å². The molecule has 1 amide bonds. The third kappa shape index (κ3) is 7.81. The second-order valence-electron chi connectivity index (χ2n) is 7.60. The predicted octanol–water partition coefficient (Wildman–Crippen LogP) is 5.69. The molecule has 0 bridgehead atoms. The summed E-state index contributed by atoms with van der Waals surface area (Å²) < 4.78 is 11.5. The summed E-state index contributed by atoms with van der Waals surface area (Å²) in [6.07, 6.45) is 2.84. The van der Waals surface area contributed by atoms with Crippen LogP contribution in [0.25, 0.3) is 0 Å². The number of nitrogens with zero attached hydrogens (tertiary/aromatic N) is 1. The Morgan fingerprint density at radius 3 is 1.76 bits per heavy atom. The molecule has 0 aromatic heterocycles. The van der Waals surface area contributed by atoms with E-state index < -0.39 is 0 Å². The average Bonchev–Trinajstić information content (AvgIpc) is 2.85. The van der Waals surface area contributed by atoms with Crippen molar-refractivity contribution in [3.8, 4) is 11.5 Å². The number of nitrogens with two attached hydrogens (primary N) is 1. The molecule has 0 fully saturated rings. The smallest absolute Gasteiger partial charge is 0.258 e. The lowest BCUT2D eigenvalue weighted by Gasteiger charge is -2.21. The number of nitrogen functional groups attached to an aromatic ring is 1. The SMILES string of the molecule is CCN(C(=O)c1ccc(OCCCCCOc2ccc(C(=N)N)cc2)cc1)c1ccccc1.Cl. The third-order valence-corrected chi connectivity index (χ3v) is 5.22. The highest BCUT2D eigenvalue weighted by atomic mass is 35.5. The minimum Gasteiger partial charge on any atom is -0.494 e. The van der Waals surface area contributed by atoms with Crippen LogP contribution in [0, 0.1) is 5.41 Å². The molecular formula is C27H32ClN3O3. The summed E-state index contributed by atoms with van der Waals surface area (Å²) in [5, 5.41) is 7.40. The molecule has 0 unspecified atom stereocenters. The van der Waals surface area contributed by atoms with Gasteiger partial charge in [0, 0.05) is 23.4 Å². The number of nitrogens with one attached hydrogen (secondary N) is 1. The maximum atomic E-state index is 12.9. The monoisotopic (exact) mass is 481 g/mol. The van der Waals surface area contributed by atoms with Crippen LogP contribution in [0.2, 0.25) is 0 Å². The van der Waals surface area contributed by atoms with Gasteiger partial charge in [-0.05, 0) is 86.8 Å². The van der Waals surface area contributed by atoms with E-state index in [4.69, 9.17) is 20.6 Å². The van der Waals surface area contributed by atoms with E-state index in [2.05, 4.69) is 0 Å². The standard InChI is InChI=1S/C27H31N3O3.ClH/c1-2-30(23-9-5-3-6-10-23)27(31)22-13-17-25(18-14-22)33-20-8-4-7-19-32-24-15-11-21(12-16-24)26(28)29;/h3,5-6,9-18H,2,4,7-8,19-20H2,1H3,(H3,28,29);1H. The van der Waals surface area contributed by atoms with Gasteiger partial charge in [0.1, 0.15) is 17.3 Å². The van der Waals surface area contributed by atoms with Gasteiger partial charge in [0.15, 0.2) is 0 Å². The van der Waals surface area contributed by atoms with Gasteiger partial charge in [-0.2, -0.15) is 0 Å². The lowest BCUT2D eigenvalue weighted by Crippen LogP contribution is -2.30. The number of anilines is 1. The molecule has 7 heteroatoms. The first-order valence-corrected chi connectivity index (χ1v) is 11.3. The number of rotatable bonds is 12. The van der Waals surface area contributed by atoms with E-state index in [1.165, 1.54) is 0 Å². The molecule has 3 N–H and O–H groups in total. The van der Waals surface area contributed by atoms with Crippen LogP contribution in [0.1, 0.15) is 42.1 Å². The number of unbranched alkanes of at least 4 members (excludes halogenated alkanes) is 2. The van der Waals surface area contributed by atoms with Gasteiger partial charge in [-0.1, -0.05) is 18.2 Å². The van der Waals surface area contributed by atoms with Crippen LogP contribution in [-0.4, -0.2) is 31.5 Å². The molecule has 3 rings (SSSR count). The zero-order chi connectivity index (χ0) is 23.5. The van der Waals surface area contributed by atoms with E-state index in [1.807, 2.05) is 73.7 Å². The second-order valence-corrected chi connectivity index (χ2v) is 7.60. The average molecular weight is 482 g/mol. The number of amidine groups is 1. The van der Waals surface area contributed by atoms with Gasteiger partial charge >= 0.3 is 0 Å². The Morgan fingerprint density at radius 1 is 0.794 bits per heavy atom. The number of para-hydroxylation sites is 1. The third-order valence-electron chi connectivity index (χ3n) is 5.22. The first-order chi connectivity index (χ1) is 16.1. The van der Waals surface area contributed by atoms with Crippen molar-refractivity contribution in [3.05, 3.63) is 90.0 Å². The highest BCUT2D eigenvalue weighted by Crippen LogP contribution is 2.19. The molecule has 3 aromatic carbocycles. The molecule has 0 spiro atoms. The van der Waals surface area contributed by atoms with Gasteiger partial charge in [0.05, 0.1) is 13.2 Å². The molecular weight excluding hydrogens is 450 g/mol. The minimum absolute atomic E-state index is 0. The van der Waals surface area contributed by atoms with Crippen molar-refractivity contribution in [2.24, 2.45) is 5.73 Å². The number of ether oxygens (including phenoxy) is 2. The quantitative estimate of drug-likeness (QED) is 0.197. The van der Waals surface area contributed by atoms with Crippen molar-refractivity contribution in [3.63, 3.8) is 0 Å². The van der Waals surface area contributed by atoms with Crippen molar-refractivity contribution in [2.75, 3.05) is 24.7 Å². The summed E-state index contributed by atoms with van der Waals surface area (Å²) in [5.74, 6) is 1.57. The molecule has 34 heavy (non-hydrogen) atoms. The Labute approximate surface area is 207 Å². The van der Waals surface area contributed by atoms with Gasteiger partial charge in [-0.15, -0.1) is 12.4 Å². The van der Waals surface area contributed by atoms with Crippen LogP contribution in [-0.2, 0) is 0 Å². The largest absolute Gasteiger partial charge is 0.494 e. The van der Waals surface area contributed by atoms with Crippen LogP contribution in [0.5, 0.6) is 11.5 Å². The molecule has 6 nitrogen and oxygen atoms in total. The molecule has 0 aliphatic rings. The molecule has 0 saturated carbocycles. The lowest BCUT2D eigenvalue weighted by molar-refractivity contribution is 0.0988. The number of hydrogen-bond donors (Lipinski definition) is 2. The van der Waals surface area contributed by atoms with Gasteiger partial charge in [0.25, 0.3) is 5.91 Å². The molecule has 0 aliphatic carbocycles. The molecule has 0 saturated heterocycles. The van der Waals surface area contributed by atoms with Gasteiger partial charge in [-0.3, -0.25) is 10.2 Å². The Kier molecular flexibility index (Phi) is 10.9. The highest BCUT2D eigenvalue weighted by Gasteiger charge is 2.15. The maximum absolute atomic E-state index is 12.9. The summed E-state index contributed by atoms with van der Waals surface area (Å²) in [6, 6.07) is 24.2. The van der Waals surface area contributed by atoms with Crippen LogP contribution in [0.4, 0.5) is 5.69 Å².